The number of alkyl halides is 2. The molecule has 2 amide bonds. The molecule has 0 saturated carbocycles. The quantitative estimate of drug-likeness (QED) is 0.452. The Morgan fingerprint density at radius 2 is 2.00 bits per heavy atom. The van der Waals surface area contributed by atoms with Gasteiger partial charge in [-0.15, -0.1) is 0 Å². The second kappa shape index (κ2) is 6.67. The fourth-order valence-electron chi connectivity index (χ4n) is 1.83. The topological polar surface area (TPSA) is 58.6 Å². The summed E-state index contributed by atoms with van der Waals surface area (Å²) in [6.07, 6.45) is -4.94. The fraction of sp³-hybridized carbons (Fsp3) is 0.333. The number of rotatable bonds is 4. The van der Waals surface area contributed by atoms with E-state index in [0.29, 0.717) is 0 Å². The lowest BCUT2D eigenvalue weighted by atomic mass is 10.2. The number of benzene rings is 1. The predicted octanol–water partition coefficient (Wildman–Crippen LogP) is 2.28. The molecular weight excluding hydrogens is 423 g/mol. The van der Waals surface area contributed by atoms with E-state index in [1.54, 1.807) is 0 Å². The van der Waals surface area contributed by atoms with Crippen molar-refractivity contribution < 1.29 is 31.9 Å². The third-order valence-corrected chi connectivity index (χ3v) is 3.89. The highest BCUT2D eigenvalue weighted by atomic mass is 127. The molecule has 1 atom stereocenters. The number of nitrogens with one attached hydrogen (secondary N) is 1. The van der Waals surface area contributed by atoms with Crippen LogP contribution in [0.3, 0.4) is 0 Å². The van der Waals surface area contributed by atoms with E-state index < -0.39 is 36.2 Å². The zero-order valence-corrected chi connectivity index (χ0v) is 12.9. The van der Waals surface area contributed by atoms with Gasteiger partial charge in [-0.2, -0.15) is 8.78 Å². The Morgan fingerprint density at radius 3 is 2.55 bits per heavy atom. The minimum Gasteiger partial charge on any atom is -0.442 e. The Morgan fingerprint density at radius 1 is 1.41 bits per heavy atom. The van der Waals surface area contributed by atoms with Gasteiger partial charge in [0.05, 0.1) is 22.3 Å². The molecule has 1 aliphatic heterocycles. The van der Waals surface area contributed by atoms with Crippen LogP contribution in [0.4, 0.5) is 28.0 Å². The maximum absolute atomic E-state index is 13.5. The fourth-order valence-corrected chi connectivity index (χ4v) is 2.14. The highest BCUT2D eigenvalue weighted by molar-refractivity contribution is 14.1. The Kier molecular flexibility index (Phi) is 5.08. The van der Waals surface area contributed by atoms with Crippen molar-refractivity contribution in [2.75, 3.05) is 18.0 Å². The molecule has 120 valence electrons. The van der Waals surface area contributed by atoms with Crippen molar-refractivity contribution in [2.45, 2.75) is 12.5 Å². The highest BCUT2D eigenvalue weighted by Gasteiger charge is 2.33. The van der Waals surface area contributed by atoms with Gasteiger partial charge in [0.2, 0.25) is 0 Å². The first-order chi connectivity index (χ1) is 10.3. The lowest BCUT2D eigenvalue weighted by Crippen LogP contribution is -2.37. The zero-order chi connectivity index (χ0) is 16.4. The Labute approximate surface area is 135 Å². The normalized spacial score (nSPS) is 17.8. The highest BCUT2D eigenvalue weighted by Crippen LogP contribution is 2.26. The van der Waals surface area contributed by atoms with Crippen molar-refractivity contribution in [1.82, 2.24) is 5.32 Å². The molecule has 1 N–H and O–H groups in total. The van der Waals surface area contributed by atoms with Crippen molar-refractivity contribution in [3.8, 4) is 0 Å². The Bertz CT molecular complexity index is 591. The van der Waals surface area contributed by atoms with Crippen LogP contribution in [0, 0.1) is 15.2 Å². The lowest BCUT2D eigenvalue weighted by molar-refractivity contribution is -0.132. The molecular formula is C12H9F4IN2O3. The maximum atomic E-state index is 13.5. The van der Waals surface area contributed by atoms with E-state index in [1.165, 1.54) is 22.6 Å². The van der Waals surface area contributed by atoms with E-state index in [9.17, 15) is 27.2 Å². The van der Waals surface area contributed by atoms with Crippen LogP contribution in [0.25, 0.3) is 0 Å². The number of anilines is 1. The average Bonchev–Trinajstić information content (AvgIpc) is 2.82. The molecule has 1 heterocycles. The van der Waals surface area contributed by atoms with Crippen LogP contribution in [0.2, 0.25) is 0 Å². The first kappa shape index (κ1) is 16.8. The number of carbonyl (C=O) groups excluding carboxylic acids is 2. The van der Waals surface area contributed by atoms with Crippen LogP contribution >= 0.6 is 22.6 Å². The zero-order valence-electron chi connectivity index (χ0n) is 10.8. The third kappa shape index (κ3) is 3.59. The van der Waals surface area contributed by atoms with Gasteiger partial charge in [-0.3, -0.25) is 9.69 Å². The van der Waals surface area contributed by atoms with E-state index in [-0.39, 0.29) is 22.3 Å². The van der Waals surface area contributed by atoms with E-state index >= 15 is 0 Å². The molecule has 1 aliphatic rings. The predicted molar refractivity (Wildman–Crippen MR) is 75.7 cm³/mol. The number of halogens is 5. The van der Waals surface area contributed by atoms with Gasteiger partial charge in [0.25, 0.3) is 5.91 Å². The van der Waals surface area contributed by atoms with Crippen molar-refractivity contribution in [3.05, 3.63) is 27.3 Å². The number of nitrogens with zero attached hydrogens (tertiary/aromatic N) is 1. The summed E-state index contributed by atoms with van der Waals surface area (Å²) < 4.78 is 55.7. The summed E-state index contributed by atoms with van der Waals surface area (Å²) in [5, 5.41) is 1.91. The Balaban J connectivity index is 2.05. The standard InChI is InChI=1S/C12H9F4IN2O3/c13-7-1-5(2-8(14)9(7)17)19-4-6(22-12(19)21)3-18-11(20)10(15)16/h1-2,6,10H,3-4H2,(H,18,20)/t6-/m0/s1. The average molecular weight is 432 g/mol. The number of carbonyl (C=O) groups is 2. The summed E-state index contributed by atoms with van der Waals surface area (Å²) in [7, 11) is 0. The molecule has 0 radical (unpaired) electrons. The van der Waals surface area contributed by atoms with Gasteiger partial charge in [0.1, 0.15) is 17.7 Å². The van der Waals surface area contributed by atoms with Crippen molar-refractivity contribution >= 4 is 40.3 Å². The van der Waals surface area contributed by atoms with Crippen LogP contribution < -0.4 is 10.2 Å². The van der Waals surface area contributed by atoms with Gasteiger partial charge < -0.3 is 10.1 Å². The summed E-state index contributed by atoms with van der Waals surface area (Å²) >= 11 is 1.48. The summed E-state index contributed by atoms with van der Waals surface area (Å²) in [4.78, 5) is 23.4. The number of amides is 2. The first-order valence-electron chi connectivity index (χ1n) is 5.98. The van der Waals surface area contributed by atoms with Gasteiger partial charge in [0.15, 0.2) is 0 Å². The van der Waals surface area contributed by atoms with E-state index in [2.05, 4.69) is 0 Å². The van der Waals surface area contributed by atoms with Crippen LogP contribution in [0.1, 0.15) is 0 Å². The molecule has 1 aromatic carbocycles. The van der Waals surface area contributed by atoms with Crippen LogP contribution in [-0.4, -0.2) is 37.6 Å². The van der Waals surface area contributed by atoms with Gasteiger partial charge in [-0.1, -0.05) is 0 Å². The monoisotopic (exact) mass is 432 g/mol. The minimum atomic E-state index is -3.17. The molecule has 0 aromatic heterocycles. The van der Waals surface area contributed by atoms with E-state index in [1.807, 2.05) is 5.32 Å². The SMILES string of the molecule is O=C(NC[C@H]1CN(c2cc(F)c(I)c(F)c2)C(=O)O1)C(F)F. The molecule has 10 heteroatoms. The molecule has 1 saturated heterocycles. The largest absolute Gasteiger partial charge is 0.442 e. The van der Waals surface area contributed by atoms with Gasteiger partial charge in [0, 0.05) is 0 Å². The number of hydrogen-bond donors (Lipinski definition) is 1. The number of cyclic esters (lactones) is 1. The molecule has 1 fully saturated rings. The molecule has 0 aliphatic carbocycles. The third-order valence-electron chi connectivity index (χ3n) is 2.86. The molecule has 0 bridgehead atoms. The van der Waals surface area contributed by atoms with Crippen molar-refractivity contribution in [3.63, 3.8) is 0 Å². The van der Waals surface area contributed by atoms with Crippen LogP contribution in [0.15, 0.2) is 12.1 Å². The maximum Gasteiger partial charge on any atom is 0.414 e. The molecule has 2 rings (SSSR count). The molecule has 1 aromatic rings. The first-order valence-corrected chi connectivity index (χ1v) is 7.06. The smallest absolute Gasteiger partial charge is 0.414 e. The summed E-state index contributed by atoms with van der Waals surface area (Å²) in [6.45, 7) is -0.442. The van der Waals surface area contributed by atoms with Gasteiger partial charge >= 0.3 is 12.5 Å². The molecule has 0 spiro atoms. The molecule has 5 nitrogen and oxygen atoms in total. The molecule has 0 unspecified atom stereocenters. The second-order valence-corrected chi connectivity index (χ2v) is 5.46. The molecule has 22 heavy (non-hydrogen) atoms. The van der Waals surface area contributed by atoms with Crippen LogP contribution in [0.5, 0.6) is 0 Å². The second-order valence-electron chi connectivity index (χ2n) is 4.39. The number of ether oxygens (including phenoxy) is 1. The summed E-state index contributed by atoms with van der Waals surface area (Å²) in [5.41, 5.74) is -0.0527. The van der Waals surface area contributed by atoms with Gasteiger partial charge in [-0.25, -0.2) is 13.6 Å². The summed E-state index contributed by atoms with van der Waals surface area (Å²) in [5.74, 6) is -3.16. The van der Waals surface area contributed by atoms with E-state index in [4.69, 9.17) is 4.74 Å². The van der Waals surface area contributed by atoms with Crippen molar-refractivity contribution in [2.24, 2.45) is 0 Å². The minimum absolute atomic E-state index is 0.0527. The van der Waals surface area contributed by atoms with Crippen LogP contribution in [-0.2, 0) is 9.53 Å². The lowest BCUT2D eigenvalue weighted by Gasteiger charge is -2.14. The van der Waals surface area contributed by atoms with Gasteiger partial charge in [-0.05, 0) is 34.7 Å². The number of hydrogen-bond acceptors (Lipinski definition) is 3. The Hall–Kier alpha value is -1.59. The van der Waals surface area contributed by atoms with Crippen molar-refractivity contribution in [1.29, 1.82) is 0 Å². The van der Waals surface area contributed by atoms with E-state index in [0.717, 1.165) is 17.0 Å². The summed E-state index contributed by atoms with van der Waals surface area (Å²) in [6, 6.07) is 1.93.